The Kier molecular flexibility index (Phi) is 7.62. The number of halogens is 2. The molecule has 10 heteroatoms. The van der Waals surface area contributed by atoms with Crippen LogP contribution in [0.25, 0.3) is 28.0 Å². The van der Waals surface area contributed by atoms with Gasteiger partial charge in [0, 0.05) is 32.5 Å². The third-order valence-electron chi connectivity index (χ3n) is 9.21. The van der Waals surface area contributed by atoms with Gasteiger partial charge in [0.15, 0.2) is 17.1 Å². The molecule has 0 saturated heterocycles. The minimum atomic E-state index is -3.85. The lowest BCUT2D eigenvalue weighted by Gasteiger charge is -2.38. The topological polar surface area (TPSA) is 80.3 Å². The molecule has 0 spiro atoms. The Morgan fingerprint density at radius 3 is 1.92 bits per heavy atom. The fourth-order valence-electron chi connectivity index (χ4n) is 7.07. The molecule has 7 rings (SSSR count). The van der Waals surface area contributed by atoms with Crippen LogP contribution < -0.4 is 23.1 Å². The molecule has 0 aromatic heterocycles. The molecule has 1 aliphatic carbocycles. The molecule has 48 heavy (non-hydrogen) atoms. The maximum absolute atomic E-state index is 12.2. The molecule has 7 nitrogen and oxygen atoms in total. The summed E-state index contributed by atoms with van der Waals surface area (Å²) in [5, 5.41) is 2.30. The van der Waals surface area contributed by atoms with Crippen LogP contribution in [-0.4, -0.2) is 36.0 Å². The summed E-state index contributed by atoms with van der Waals surface area (Å²) in [7, 11) is 0.900. The SMILES string of the molecule is COc1ccc(C2(c3ccc(OC)cc3)C=Cc3c4c(c5cc(Cl)cc(Cl)c5c3O2)-c2cc(OS(C)(=O)=O)c(OC)cc2C4(C)C)cc1. The zero-order valence-electron chi connectivity index (χ0n) is 27.1. The highest BCUT2D eigenvalue weighted by atomic mass is 35.5. The first kappa shape index (κ1) is 32.2. The summed E-state index contributed by atoms with van der Waals surface area (Å²) in [5.41, 5.74) is 4.54. The summed E-state index contributed by atoms with van der Waals surface area (Å²) in [4.78, 5) is 0. The van der Waals surface area contributed by atoms with Gasteiger partial charge in [-0.2, -0.15) is 8.42 Å². The van der Waals surface area contributed by atoms with E-state index in [0.29, 0.717) is 26.9 Å². The van der Waals surface area contributed by atoms with E-state index < -0.39 is 21.1 Å². The average Bonchev–Trinajstić information content (AvgIpc) is 3.29. The number of ether oxygens (including phenoxy) is 4. The molecule has 0 unspecified atom stereocenters. The average molecular weight is 704 g/mol. The van der Waals surface area contributed by atoms with Crippen LogP contribution in [0.4, 0.5) is 0 Å². The van der Waals surface area contributed by atoms with E-state index in [-0.39, 0.29) is 5.75 Å². The van der Waals surface area contributed by atoms with Gasteiger partial charge in [-0.05, 0) is 82.2 Å². The Morgan fingerprint density at radius 2 is 1.38 bits per heavy atom. The predicted octanol–water partition coefficient (Wildman–Crippen LogP) is 9.17. The predicted molar refractivity (Wildman–Crippen MR) is 190 cm³/mol. The van der Waals surface area contributed by atoms with Gasteiger partial charge >= 0.3 is 10.1 Å². The quantitative estimate of drug-likeness (QED) is 0.157. The Bertz CT molecular complexity index is 2210. The van der Waals surface area contributed by atoms with Crippen molar-refractivity contribution in [2.24, 2.45) is 0 Å². The van der Waals surface area contributed by atoms with Gasteiger partial charge in [-0.25, -0.2) is 0 Å². The summed E-state index contributed by atoms with van der Waals surface area (Å²) in [6.45, 7) is 4.24. The number of benzene rings is 5. The first-order valence-corrected chi connectivity index (χ1v) is 17.7. The highest BCUT2D eigenvalue weighted by molar-refractivity contribution is 7.86. The van der Waals surface area contributed by atoms with E-state index in [9.17, 15) is 8.42 Å². The Hall–Kier alpha value is -4.37. The maximum Gasteiger partial charge on any atom is 0.306 e. The van der Waals surface area contributed by atoms with Crippen molar-refractivity contribution in [1.29, 1.82) is 0 Å². The van der Waals surface area contributed by atoms with E-state index in [2.05, 4.69) is 26.0 Å². The van der Waals surface area contributed by atoms with Gasteiger partial charge in [-0.3, -0.25) is 0 Å². The molecule has 0 saturated carbocycles. The van der Waals surface area contributed by atoms with Crippen molar-refractivity contribution in [3.05, 3.63) is 117 Å². The molecule has 5 aromatic rings. The van der Waals surface area contributed by atoms with E-state index in [0.717, 1.165) is 62.1 Å². The molecule has 246 valence electrons. The molecular weight excluding hydrogens is 671 g/mol. The van der Waals surface area contributed by atoms with Gasteiger partial charge in [0.2, 0.25) is 0 Å². The number of fused-ring (bicyclic) bond motifs is 8. The number of methoxy groups -OCH3 is 3. The van der Waals surface area contributed by atoms with Crippen molar-refractivity contribution in [2.75, 3.05) is 27.6 Å². The van der Waals surface area contributed by atoms with Crippen LogP contribution in [0.1, 0.15) is 41.7 Å². The number of hydrogen-bond acceptors (Lipinski definition) is 7. The molecular formula is C38H32Cl2O7S. The molecule has 0 N–H and O–H groups in total. The van der Waals surface area contributed by atoms with Gasteiger partial charge in [-0.1, -0.05) is 67.4 Å². The smallest absolute Gasteiger partial charge is 0.306 e. The molecule has 0 fully saturated rings. The van der Waals surface area contributed by atoms with Gasteiger partial charge < -0.3 is 23.1 Å². The normalized spacial score (nSPS) is 15.2. The second-order valence-corrected chi connectivity index (χ2v) is 14.8. The Labute approximate surface area is 289 Å². The van der Waals surface area contributed by atoms with Gasteiger partial charge in [0.05, 0.1) is 32.6 Å². The van der Waals surface area contributed by atoms with Crippen LogP contribution in [0.3, 0.4) is 0 Å². The highest BCUT2D eigenvalue weighted by Crippen LogP contribution is 2.60. The molecule has 2 aliphatic rings. The van der Waals surface area contributed by atoms with Crippen molar-refractivity contribution >= 4 is 50.2 Å². The van der Waals surface area contributed by atoms with E-state index in [1.54, 1.807) is 26.4 Å². The molecule has 0 atom stereocenters. The van der Waals surface area contributed by atoms with Crippen molar-refractivity contribution in [3.63, 3.8) is 0 Å². The molecule has 1 aliphatic heterocycles. The lowest BCUT2D eigenvalue weighted by Crippen LogP contribution is -2.35. The fourth-order valence-corrected chi connectivity index (χ4v) is 8.10. The highest BCUT2D eigenvalue weighted by Gasteiger charge is 2.45. The summed E-state index contributed by atoms with van der Waals surface area (Å²) < 4.78 is 53.7. The third-order valence-corrected chi connectivity index (χ3v) is 10.2. The van der Waals surface area contributed by atoms with Crippen LogP contribution in [0, 0.1) is 0 Å². The minimum absolute atomic E-state index is 0.0891. The van der Waals surface area contributed by atoms with Gasteiger partial charge in [-0.15, -0.1) is 0 Å². The third kappa shape index (κ3) is 4.97. The van der Waals surface area contributed by atoms with Crippen molar-refractivity contribution in [3.8, 4) is 39.9 Å². The molecule has 0 amide bonds. The van der Waals surface area contributed by atoms with Crippen LogP contribution in [0.5, 0.6) is 28.7 Å². The summed E-state index contributed by atoms with van der Waals surface area (Å²) in [6, 6.07) is 22.7. The lowest BCUT2D eigenvalue weighted by atomic mass is 9.76. The van der Waals surface area contributed by atoms with E-state index in [1.165, 1.54) is 7.11 Å². The van der Waals surface area contributed by atoms with Crippen LogP contribution >= 0.6 is 23.2 Å². The van der Waals surface area contributed by atoms with Crippen LogP contribution in [-0.2, 0) is 21.1 Å². The molecule has 0 radical (unpaired) electrons. The Morgan fingerprint density at radius 1 is 0.771 bits per heavy atom. The van der Waals surface area contributed by atoms with Crippen LogP contribution in [0.15, 0.2) is 78.9 Å². The van der Waals surface area contributed by atoms with Crippen molar-refractivity contribution < 1.29 is 31.5 Å². The maximum atomic E-state index is 12.2. The summed E-state index contributed by atoms with van der Waals surface area (Å²) >= 11 is 13.8. The zero-order chi connectivity index (χ0) is 34.2. The summed E-state index contributed by atoms with van der Waals surface area (Å²) in [6.07, 6.45) is 5.16. The first-order valence-electron chi connectivity index (χ1n) is 15.1. The number of rotatable bonds is 7. The molecule has 5 aromatic carbocycles. The first-order chi connectivity index (χ1) is 22.8. The van der Waals surface area contributed by atoms with E-state index in [1.807, 2.05) is 60.7 Å². The van der Waals surface area contributed by atoms with Gasteiger partial charge in [0.1, 0.15) is 17.2 Å². The lowest BCUT2D eigenvalue weighted by molar-refractivity contribution is 0.163. The fraction of sp³-hybridized carbons (Fsp3) is 0.211. The molecule has 0 bridgehead atoms. The minimum Gasteiger partial charge on any atom is -0.497 e. The zero-order valence-corrected chi connectivity index (χ0v) is 29.4. The monoisotopic (exact) mass is 702 g/mol. The van der Waals surface area contributed by atoms with E-state index in [4.69, 9.17) is 46.3 Å². The van der Waals surface area contributed by atoms with Crippen molar-refractivity contribution in [2.45, 2.75) is 24.9 Å². The standard InChI is InChI=1S/C38H32Cl2O7S/c1-37(2)29-20-31(45-5)32(47-48(6,41)42)19-27(29)33-28-17-23(39)18-30(40)34(28)36-26(35(33)37)15-16-38(46-36,21-7-11-24(43-3)12-8-21)22-9-13-25(44-4)14-10-22/h7-20H,1-6H3. The Balaban J connectivity index is 1.56. The second-order valence-electron chi connectivity index (χ2n) is 12.4. The molecule has 1 heterocycles. The van der Waals surface area contributed by atoms with Gasteiger partial charge in [0.25, 0.3) is 0 Å². The van der Waals surface area contributed by atoms with Crippen molar-refractivity contribution in [1.82, 2.24) is 0 Å². The largest absolute Gasteiger partial charge is 0.497 e. The van der Waals surface area contributed by atoms with E-state index >= 15 is 0 Å². The summed E-state index contributed by atoms with van der Waals surface area (Å²) in [5.74, 6) is 2.43. The second kappa shape index (κ2) is 11.4. The number of hydrogen-bond donors (Lipinski definition) is 0. The van der Waals surface area contributed by atoms with Crippen LogP contribution in [0.2, 0.25) is 10.0 Å².